The predicted molar refractivity (Wildman–Crippen MR) is 96.5 cm³/mol. The van der Waals surface area contributed by atoms with Crippen LogP contribution in [-0.2, 0) is 16.1 Å². The van der Waals surface area contributed by atoms with Gasteiger partial charge >= 0.3 is 5.97 Å². The van der Waals surface area contributed by atoms with E-state index in [0.29, 0.717) is 16.4 Å². The van der Waals surface area contributed by atoms with Gasteiger partial charge in [-0.25, -0.2) is 9.78 Å². The average Bonchev–Trinajstić information content (AvgIpc) is 2.60. The van der Waals surface area contributed by atoms with E-state index in [2.05, 4.69) is 4.98 Å². The van der Waals surface area contributed by atoms with Crippen molar-refractivity contribution in [1.82, 2.24) is 9.38 Å². The SMILES string of the molecule is Cc1ccc2nc(COC(=O)/C=C/c3ccc(Cl)cc3)cc(=O)n2c1. The molecule has 1 aromatic carbocycles. The maximum absolute atomic E-state index is 12.1. The summed E-state index contributed by atoms with van der Waals surface area (Å²) in [5, 5.41) is 0.628. The quantitative estimate of drug-likeness (QED) is 0.532. The standard InChI is InChI=1S/C19H15ClN2O3/c1-13-2-8-17-21-16(10-18(23)22(17)11-13)12-25-19(24)9-5-14-3-6-15(20)7-4-14/h2-11H,12H2,1H3/b9-5+. The van der Waals surface area contributed by atoms with Crippen LogP contribution in [-0.4, -0.2) is 15.4 Å². The van der Waals surface area contributed by atoms with E-state index in [-0.39, 0.29) is 12.2 Å². The summed E-state index contributed by atoms with van der Waals surface area (Å²) in [6.07, 6.45) is 4.67. The van der Waals surface area contributed by atoms with Crippen molar-refractivity contribution in [3.05, 3.63) is 86.9 Å². The molecule has 0 N–H and O–H groups in total. The molecule has 0 spiro atoms. The first-order valence-corrected chi connectivity index (χ1v) is 7.98. The molecule has 25 heavy (non-hydrogen) atoms. The number of halogens is 1. The molecule has 0 aliphatic rings. The normalized spacial score (nSPS) is 11.1. The van der Waals surface area contributed by atoms with E-state index in [0.717, 1.165) is 11.1 Å². The van der Waals surface area contributed by atoms with Crippen molar-refractivity contribution in [3.63, 3.8) is 0 Å². The second-order valence-corrected chi connectivity index (χ2v) is 5.95. The number of benzene rings is 1. The number of aryl methyl sites for hydroxylation is 1. The molecule has 0 aliphatic carbocycles. The van der Waals surface area contributed by atoms with Crippen molar-refractivity contribution in [1.29, 1.82) is 0 Å². The van der Waals surface area contributed by atoms with Crippen molar-refractivity contribution >= 4 is 29.3 Å². The van der Waals surface area contributed by atoms with Gasteiger partial charge in [-0.2, -0.15) is 0 Å². The molecular formula is C19H15ClN2O3. The summed E-state index contributed by atoms with van der Waals surface area (Å²) in [7, 11) is 0. The first-order valence-electron chi connectivity index (χ1n) is 7.60. The second kappa shape index (κ2) is 7.32. The third-order valence-corrected chi connectivity index (χ3v) is 3.76. The Morgan fingerprint density at radius 3 is 2.76 bits per heavy atom. The Bertz CT molecular complexity index is 1010. The average molecular weight is 355 g/mol. The third-order valence-electron chi connectivity index (χ3n) is 3.50. The zero-order valence-corrected chi connectivity index (χ0v) is 14.2. The summed E-state index contributed by atoms with van der Waals surface area (Å²) in [5.74, 6) is -0.513. The van der Waals surface area contributed by atoms with Crippen molar-refractivity contribution in [3.8, 4) is 0 Å². The molecular weight excluding hydrogens is 340 g/mol. The van der Waals surface area contributed by atoms with Crippen LogP contribution < -0.4 is 5.56 Å². The van der Waals surface area contributed by atoms with Crippen molar-refractivity contribution in [2.24, 2.45) is 0 Å². The number of hydrogen-bond acceptors (Lipinski definition) is 4. The summed E-state index contributed by atoms with van der Waals surface area (Å²) >= 11 is 5.80. The van der Waals surface area contributed by atoms with Crippen LogP contribution >= 0.6 is 11.6 Å². The number of esters is 1. The number of fused-ring (bicyclic) bond motifs is 1. The Labute approximate surface area is 149 Å². The molecule has 126 valence electrons. The monoisotopic (exact) mass is 354 g/mol. The van der Waals surface area contributed by atoms with Crippen LogP contribution in [0.5, 0.6) is 0 Å². The smallest absolute Gasteiger partial charge is 0.331 e. The number of carbonyl (C=O) groups is 1. The van der Waals surface area contributed by atoms with Gasteiger partial charge in [0.1, 0.15) is 12.3 Å². The lowest BCUT2D eigenvalue weighted by molar-refractivity contribution is -0.139. The fourth-order valence-corrected chi connectivity index (χ4v) is 2.39. The molecule has 0 bridgehead atoms. The van der Waals surface area contributed by atoms with E-state index in [1.165, 1.54) is 16.5 Å². The van der Waals surface area contributed by atoms with Gasteiger partial charge < -0.3 is 4.74 Å². The van der Waals surface area contributed by atoms with Gasteiger partial charge in [-0.3, -0.25) is 9.20 Å². The van der Waals surface area contributed by atoms with E-state index >= 15 is 0 Å². The van der Waals surface area contributed by atoms with Gasteiger partial charge in [0, 0.05) is 23.4 Å². The molecule has 3 aromatic rings. The molecule has 6 heteroatoms. The van der Waals surface area contributed by atoms with Crippen LogP contribution in [0, 0.1) is 6.92 Å². The Kier molecular flexibility index (Phi) is 4.95. The number of rotatable bonds is 4. The molecule has 0 saturated carbocycles. The highest BCUT2D eigenvalue weighted by atomic mass is 35.5. The van der Waals surface area contributed by atoms with Crippen LogP contribution in [0.15, 0.2) is 59.5 Å². The van der Waals surface area contributed by atoms with Gasteiger partial charge in [0.2, 0.25) is 0 Å². The fourth-order valence-electron chi connectivity index (χ4n) is 2.26. The molecule has 0 aliphatic heterocycles. The summed E-state index contributed by atoms with van der Waals surface area (Å²) in [6.45, 7) is 1.83. The number of nitrogens with zero attached hydrogens (tertiary/aromatic N) is 2. The summed E-state index contributed by atoms with van der Waals surface area (Å²) in [4.78, 5) is 28.2. The molecule has 0 fully saturated rings. The Morgan fingerprint density at radius 2 is 2.00 bits per heavy atom. The largest absolute Gasteiger partial charge is 0.456 e. The minimum atomic E-state index is -0.513. The highest BCUT2D eigenvalue weighted by molar-refractivity contribution is 6.30. The Morgan fingerprint density at radius 1 is 1.24 bits per heavy atom. The number of aromatic nitrogens is 2. The van der Waals surface area contributed by atoms with E-state index in [1.807, 2.05) is 13.0 Å². The first kappa shape index (κ1) is 16.9. The zero-order valence-electron chi connectivity index (χ0n) is 13.5. The van der Waals surface area contributed by atoms with Gasteiger partial charge in [-0.15, -0.1) is 0 Å². The van der Waals surface area contributed by atoms with Crippen LogP contribution in [0.3, 0.4) is 0 Å². The summed E-state index contributed by atoms with van der Waals surface area (Å²) in [6, 6.07) is 12.0. The minimum Gasteiger partial charge on any atom is -0.456 e. The molecule has 3 rings (SSSR count). The number of hydrogen-bond donors (Lipinski definition) is 0. The van der Waals surface area contributed by atoms with Gasteiger partial charge in [0.25, 0.3) is 5.56 Å². The first-order chi connectivity index (χ1) is 12.0. The Balaban J connectivity index is 1.67. The molecule has 5 nitrogen and oxygen atoms in total. The van der Waals surface area contributed by atoms with Gasteiger partial charge in [-0.1, -0.05) is 29.8 Å². The highest BCUT2D eigenvalue weighted by Gasteiger charge is 2.05. The maximum atomic E-state index is 12.1. The topological polar surface area (TPSA) is 60.7 Å². The van der Waals surface area contributed by atoms with Crippen LogP contribution in [0.1, 0.15) is 16.8 Å². The number of carbonyl (C=O) groups excluding carboxylic acids is 1. The van der Waals surface area contributed by atoms with E-state index in [1.54, 1.807) is 42.6 Å². The number of pyridine rings is 1. The van der Waals surface area contributed by atoms with Crippen molar-refractivity contribution in [2.75, 3.05) is 0 Å². The van der Waals surface area contributed by atoms with E-state index in [4.69, 9.17) is 16.3 Å². The van der Waals surface area contributed by atoms with Crippen LogP contribution in [0.25, 0.3) is 11.7 Å². The maximum Gasteiger partial charge on any atom is 0.331 e. The molecule has 2 aromatic heterocycles. The third kappa shape index (κ3) is 4.33. The van der Waals surface area contributed by atoms with Gasteiger partial charge in [-0.05, 0) is 42.3 Å². The van der Waals surface area contributed by atoms with Crippen molar-refractivity contribution in [2.45, 2.75) is 13.5 Å². The molecule has 0 atom stereocenters. The molecule has 0 unspecified atom stereocenters. The van der Waals surface area contributed by atoms with Crippen LogP contribution in [0.4, 0.5) is 0 Å². The van der Waals surface area contributed by atoms with Gasteiger partial charge in [0.15, 0.2) is 0 Å². The van der Waals surface area contributed by atoms with Crippen LogP contribution in [0.2, 0.25) is 5.02 Å². The van der Waals surface area contributed by atoms with E-state index < -0.39 is 5.97 Å². The number of ether oxygens (including phenoxy) is 1. The molecule has 2 heterocycles. The fraction of sp³-hybridized carbons (Fsp3) is 0.105. The lowest BCUT2D eigenvalue weighted by atomic mass is 10.2. The lowest BCUT2D eigenvalue weighted by Gasteiger charge is -2.05. The predicted octanol–water partition coefficient (Wildman–Crippen LogP) is 3.41. The minimum absolute atomic E-state index is 0.0661. The summed E-state index contributed by atoms with van der Waals surface area (Å²) in [5.41, 5.74) is 2.50. The lowest BCUT2D eigenvalue weighted by Crippen LogP contribution is -2.16. The second-order valence-electron chi connectivity index (χ2n) is 5.51. The Hall–Kier alpha value is -2.92. The highest BCUT2D eigenvalue weighted by Crippen LogP contribution is 2.10. The zero-order chi connectivity index (χ0) is 17.8. The molecule has 0 radical (unpaired) electrons. The van der Waals surface area contributed by atoms with Gasteiger partial charge in [0.05, 0.1) is 5.69 Å². The summed E-state index contributed by atoms with van der Waals surface area (Å²) < 4.78 is 6.60. The molecule has 0 amide bonds. The van der Waals surface area contributed by atoms with Crippen molar-refractivity contribution < 1.29 is 9.53 Å². The van der Waals surface area contributed by atoms with E-state index in [9.17, 15) is 9.59 Å². The molecule has 0 saturated heterocycles.